The first-order valence-corrected chi connectivity index (χ1v) is 7.09. The van der Waals surface area contributed by atoms with Crippen molar-refractivity contribution in [2.75, 3.05) is 6.54 Å². The van der Waals surface area contributed by atoms with Crippen LogP contribution in [-0.4, -0.2) is 34.4 Å². The Morgan fingerprint density at radius 1 is 1.15 bits per heavy atom. The van der Waals surface area contributed by atoms with Gasteiger partial charge in [-0.05, 0) is 12.8 Å². The van der Waals surface area contributed by atoms with Crippen molar-refractivity contribution >= 4 is 11.8 Å². The van der Waals surface area contributed by atoms with Gasteiger partial charge in [-0.15, -0.1) is 0 Å². The van der Waals surface area contributed by atoms with Crippen LogP contribution < -0.4 is 10.6 Å². The van der Waals surface area contributed by atoms with Gasteiger partial charge in [-0.1, -0.05) is 25.7 Å². The van der Waals surface area contributed by atoms with Crippen molar-refractivity contribution < 1.29 is 9.59 Å². The summed E-state index contributed by atoms with van der Waals surface area (Å²) >= 11 is 0. The smallest absolute Gasteiger partial charge is 0.271 e. The van der Waals surface area contributed by atoms with E-state index in [9.17, 15) is 9.59 Å². The van der Waals surface area contributed by atoms with Crippen LogP contribution >= 0.6 is 0 Å². The Hall–Kier alpha value is -1.98. The summed E-state index contributed by atoms with van der Waals surface area (Å²) < 4.78 is 0. The normalized spacial score (nSPS) is 16.2. The lowest BCUT2D eigenvalue weighted by Crippen LogP contribution is -2.42. The second-order valence-corrected chi connectivity index (χ2v) is 5.03. The van der Waals surface area contributed by atoms with Gasteiger partial charge in [0.15, 0.2) is 0 Å². The minimum Gasteiger partial charge on any atom is -0.352 e. The van der Waals surface area contributed by atoms with Gasteiger partial charge >= 0.3 is 0 Å². The zero-order chi connectivity index (χ0) is 14.2. The van der Waals surface area contributed by atoms with Crippen molar-refractivity contribution in [2.45, 2.75) is 44.6 Å². The van der Waals surface area contributed by atoms with Crippen molar-refractivity contribution in [2.24, 2.45) is 0 Å². The second-order valence-electron chi connectivity index (χ2n) is 5.03. The Balaban J connectivity index is 1.73. The van der Waals surface area contributed by atoms with Crippen LogP contribution in [0.2, 0.25) is 0 Å². The third-order valence-corrected chi connectivity index (χ3v) is 3.43. The summed E-state index contributed by atoms with van der Waals surface area (Å²) in [5, 5.41) is 5.53. The van der Waals surface area contributed by atoms with Gasteiger partial charge in [0.25, 0.3) is 5.91 Å². The van der Waals surface area contributed by atoms with Gasteiger partial charge in [0.1, 0.15) is 5.69 Å². The number of amides is 2. The van der Waals surface area contributed by atoms with E-state index in [0.717, 1.165) is 25.7 Å². The predicted octanol–water partition coefficient (Wildman–Crippen LogP) is 1.05. The van der Waals surface area contributed by atoms with Gasteiger partial charge in [0, 0.05) is 18.4 Å². The third-order valence-electron chi connectivity index (χ3n) is 3.43. The average molecular weight is 276 g/mol. The molecule has 0 atom stereocenters. The predicted molar refractivity (Wildman–Crippen MR) is 74.0 cm³/mol. The molecule has 0 spiro atoms. The Bertz CT molecular complexity index is 442. The van der Waals surface area contributed by atoms with Crippen LogP contribution in [0.25, 0.3) is 0 Å². The van der Waals surface area contributed by atoms with Crippen molar-refractivity contribution in [3.63, 3.8) is 0 Å². The molecule has 0 saturated heterocycles. The molecule has 2 N–H and O–H groups in total. The van der Waals surface area contributed by atoms with Crippen LogP contribution in [0.4, 0.5) is 0 Å². The largest absolute Gasteiger partial charge is 0.352 e. The first kappa shape index (κ1) is 14.4. The van der Waals surface area contributed by atoms with Crippen LogP contribution in [0.15, 0.2) is 18.6 Å². The van der Waals surface area contributed by atoms with Gasteiger partial charge in [0.2, 0.25) is 5.91 Å². The van der Waals surface area contributed by atoms with Crippen LogP contribution in [-0.2, 0) is 4.79 Å². The standard InChI is InChI=1S/C14H20N4O2/c19-13(18-11-5-3-1-2-4-6-11)10-17-14(20)12-9-15-7-8-16-12/h7-9,11H,1-6,10H2,(H,17,20)(H,18,19). The zero-order valence-electron chi connectivity index (χ0n) is 11.5. The number of nitrogens with one attached hydrogen (secondary N) is 2. The second kappa shape index (κ2) is 7.57. The van der Waals surface area contributed by atoms with Gasteiger partial charge < -0.3 is 10.6 Å². The van der Waals surface area contributed by atoms with Gasteiger partial charge in [-0.2, -0.15) is 0 Å². The molecule has 2 amide bonds. The van der Waals surface area contributed by atoms with Gasteiger partial charge in [-0.25, -0.2) is 4.98 Å². The van der Waals surface area contributed by atoms with Crippen LogP contribution in [0.1, 0.15) is 49.0 Å². The number of aromatic nitrogens is 2. The quantitative estimate of drug-likeness (QED) is 0.805. The Kier molecular flexibility index (Phi) is 5.46. The Labute approximate surface area is 118 Å². The summed E-state index contributed by atoms with van der Waals surface area (Å²) in [5.41, 5.74) is 0.217. The van der Waals surface area contributed by atoms with Crippen LogP contribution in [0, 0.1) is 0 Å². The molecule has 2 rings (SSSR count). The maximum Gasteiger partial charge on any atom is 0.271 e. The van der Waals surface area contributed by atoms with E-state index in [0.29, 0.717) is 0 Å². The summed E-state index contributed by atoms with van der Waals surface area (Å²) in [5.74, 6) is -0.525. The molecule has 0 unspecified atom stereocenters. The van der Waals surface area contributed by atoms with E-state index in [-0.39, 0.29) is 30.1 Å². The number of carbonyl (C=O) groups excluding carboxylic acids is 2. The highest BCUT2D eigenvalue weighted by atomic mass is 16.2. The molecule has 20 heavy (non-hydrogen) atoms. The molecule has 1 saturated carbocycles. The highest BCUT2D eigenvalue weighted by Gasteiger charge is 2.15. The molecule has 0 aliphatic heterocycles. The monoisotopic (exact) mass is 276 g/mol. The topological polar surface area (TPSA) is 84.0 Å². The van der Waals surface area contributed by atoms with Gasteiger partial charge in [0.05, 0.1) is 12.7 Å². The molecule has 0 aromatic carbocycles. The van der Waals surface area contributed by atoms with Crippen molar-refractivity contribution in [3.8, 4) is 0 Å². The highest BCUT2D eigenvalue weighted by molar-refractivity contribution is 5.94. The Morgan fingerprint density at radius 3 is 2.55 bits per heavy atom. The summed E-state index contributed by atoms with van der Waals surface area (Å²) in [4.78, 5) is 31.2. The zero-order valence-corrected chi connectivity index (χ0v) is 11.5. The summed E-state index contributed by atoms with van der Waals surface area (Å²) in [6.45, 7) is -0.0219. The molecule has 1 heterocycles. The molecule has 0 bridgehead atoms. The van der Waals surface area contributed by atoms with E-state index >= 15 is 0 Å². The maximum atomic E-state index is 11.8. The number of hydrogen-bond acceptors (Lipinski definition) is 4. The molecular weight excluding hydrogens is 256 g/mol. The average Bonchev–Trinajstić information content (AvgIpc) is 2.74. The SMILES string of the molecule is O=C(CNC(=O)c1cnccn1)NC1CCCCCC1. The summed E-state index contributed by atoms with van der Waals surface area (Å²) in [6, 6.07) is 0.249. The molecule has 1 fully saturated rings. The lowest BCUT2D eigenvalue weighted by Gasteiger charge is -2.16. The fourth-order valence-electron chi connectivity index (χ4n) is 2.37. The molecule has 108 valence electrons. The van der Waals surface area contributed by atoms with E-state index in [1.165, 1.54) is 31.4 Å². The van der Waals surface area contributed by atoms with Crippen LogP contribution in [0.5, 0.6) is 0 Å². The fourth-order valence-corrected chi connectivity index (χ4v) is 2.37. The maximum absolute atomic E-state index is 11.8. The highest BCUT2D eigenvalue weighted by Crippen LogP contribution is 2.16. The van der Waals surface area contributed by atoms with Crippen molar-refractivity contribution in [1.82, 2.24) is 20.6 Å². The first-order chi connectivity index (χ1) is 9.75. The molecule has 1 aliphatic rings. The fraction of sp³-hybridized carbons (Fsp3) is 0.571. The van der Waals surface area contributed by atoms with E-state index < -0.39 is 0 Å². The van der Waals surface area contributed by atoms with E-state index in [2.05, 4.69) is 20.6 Å². The number of rotatable bonds is 4. The summed E-state index contributed by atoms with van der Waals surface area (Å²) in [7, 11) is 0. The molecule has 6 heteroatoms. The van der Waals surface area contributed by atoms with E-state index in [1.54, 1.807) is 0 Å². The minimum absolute atomic E-state index is 0.0219. The number of nitrogens with zero attached hydrogens (tertiary/aromatic N) is 2. The lowest BCUT2D eigenvalue weighted by molar-refractivity contribution is -0.120. The van der Waals surface area contributed by atoms with Gasteiger partial charge in [-0.3, -0.25) is 14.6 Å². The molecular formula is C14H20N4O2. The van der Waals surface area contributed by atoms with Crippen molar-refractivity contribution in [1.29, 1.82) is 0 Å². The molecule has 1 aliphatic carbocycles. The first-order valence-electron chi connectivity index (χ1n) is 7.09. The van der Waals surface area contributed by atoms with Crippen molar-refractivity contribution in [3.05, 3.63) is 24.3 Å². The van der Waals surface area contributed by atoms with E-state index in [1.807, 2.05) is 0 Å². The summed E-state index contributed by atoms with van der Waals surface area (Å²) in [6.07, 6.45) is 11.2. The van der Waals surface area contributed by atoms with Crippen LogP contribution in [0.3, 0.4) is 0 Å². The number of carbonyl (C=O) groups is 2. The molecule has 1 aromatic heterocycles. The Morgan fingerprint density at radius 2 is 1.90 bits per heavy atom. The number of hydrogen-bond donors (Lipinski definition) is 2. The minimum atomic E-state index is -0.380. The lowest BCUT2D eigenvalue weighted by atomic mass is 10.1. The van der Waals surface area contributed by atoms with E-state index in [4.69, 9.17) is 0 Å². The molecule has 1 aromatic rings. The molecule has 0 radical (unpaired) electrons. The molecule has 6 nitrogen and oxygen atoms in total. The third kappa shape index (κ3) is 4.60.